The maximum Gasteiger partial charge on any atom is 0.303 e. The van der Waals surface area contributed by atoms with E-state index in [1.165, 1.54) is 19.3 Å². The summed E-state index contributed by atoms with van der Waals surface area (Å²) in [5.41, 5.74) is 0. The topological polar surface area (TPSA) is 74.6 Å². The zero-order valence-corrected chi connectivity index (χ0v) is 14.6. The Bertz CT molecular complexity index is 476. The van der Waals surface area contributed by atoms with Crippen LogP contribution in [0, 0.1) is 11.8 Å². The molecule has 0 aromatic carbocycles. The van der Waals surface area contributed by atoms with E-state index < -0.39 is 12.1 Å². The third-order valence-corrected chi connectivity index (χ3v) is 4.29. The molecule has 1 aliphatic rings. The molecular weight excluding hydrogens is 304 g/mol. The molecule has 4 heteroatoms. The highest BCUT2D eigenvalue weighted by Crippen LogP contribution is 2.28. The average Bonchev–Trinajstić information content (AvgIpc) is 2.89. The predicted octanol–water partition coefficient (Wildman–Crippen LogP) is 4.06. The summed E-state index contributed by atoms with van der Waals surface area (Å²) in [7, 11) is 0. The van der Waals surface area contributed by atoms with Crippen LogP contribution in [-0.2, 0) is 9.59 Å². The molecule has 0 unspecified atom stereocenters. The van der Waals surface area contributed by atoms with Crippen molar-refractivity contribution in [2.45, 2.75) is 64.4 Å². The van der Waals surface area contributed by atoms with Gasteiger partial charge in [-0.3, -0.25) is 9.59 Å². The lowest BCUT2D eigenvalue weighted by Crippen LogP contribution is -2.15. The molecule has 0 aromatic rings. The van der Waals surface area contributed by atoms with E-state index in [1.807, 2.05) is 18.2 Å². The molecule has 1 aliphatic carbocycles. The van der Waals surface area contributed by atoms with Gasteiger partial charge >= 0.3 is 5.97 Å². The van der Waals surface area contributed by atoms with Gasteiger partial charge in [0.1, 0.15) is 0 Å². The van der Waals surface area contributed by atoms with Crippen molar-refractivity contribution in [3.05, 3.63) is 36.5 Å². The van der Waals surface area contributed by atoms with E-state index in [4.69, 9.17) is 5.11 Å². The smallest absolute Gasteiger partial charge is 0.303 e. The molecule has 1 rings (SSSR count). The van der Waals surface area contributed by atoms with Crippen LogP contribution in [0.4, 0.5) is 0 Å². The summed E-state index contributed by atoms with van der Waals surface area (Å²) < 4.78 is 0. The van der Waals surface area contributed by atoms with Gasteiger partial charge in [0.25, 0.3) is 0 Å². The quantitative estimate of drug-likeness (QED) is 0.417. The number of allylic oxidation sites excluding steroid dienone is 4. The number of carbonyl (C=O) groups is 2. The maximum absolute atomic E-state index is 11.9. The lowest BCUT2D eigenvalue weighted by Gasteiger charge is -2.14. The van der Waals surface area contributed by atoms with Gasteiger partial charge in [-0.25, -0.2) is 0 Å². The predicted molar refractivity (Wildman–Crippen MR) is 95.7 cm³/mol. The molecule has 2 N–H and O–H groups in total. The van der Waals surface area contributed by atoms with E-state index in [0.717, 1.165) is 6.42 Å². The van der Waals surface area contributed by atoms with Gasteiger partial charge in [0.05, 0.1) is 6.10 Å². The standard InChI is InChI=1S/C20H30O4/c1-2-3-4-5-6-7-9-17(21)14-12-16-13-15-19(22)18(16)10-8-11-20(23)24/h6-7,12-18,21H,2-5,8-11H2,1H3,(H,23,24)/b7-6-,14-12+/t16-,17-,18-/m1/s1. The normalized spacial score (nSPS) is 22.0. The Labute approximate surface area is 145 Å². The Hall–Kier alpha value is -1.68. The molecule has 0 aromatic heterocycles. The van der Waals surface area contributed by atoms with E-state index in [2.05, 4.69) is 13.0 Å². The number of carboxylic acids is 1. The van der Waals surface area contributed by atoms with Crippen molar-refractivity contribution >= 4 is 11.8 Å². The van der Waals surface area contributed by atoms with Crippen molar-refractivity contribution in [2.75, 3.05) is 0 Å². The molecular formula is C20H30O4. The summed E-state index contributed by atoms with van der Waals surface area (Å²) in [6.45, 7) is 2.18. The summed E-state index contributed by atoms with van der Waals surface area (Å²) >= 11 is 0. The fourth-order valence-electron chi connectivity index (χ4n) is 2.86. The lowest BCUT2D eigenvalue weighted by atomic mass is 9.89. The fourth-order valence-corrected chi connectivity index (χ4v) is 2.86. The maximum atomic E-state index is 11.9. The highest BCUT2D eigenvalue weighted by molar-refractivity contribution is 5.94. The van der Waals surface area contributed by atoms with Crippen LogP contribution in [0.2, 0.25) is 0 Å². The van der Waals surface area contributed by atoms with Gasteiger partial charge in [-0.2, -0.15) is 0 Å². The minimum absolute atomic E-state index is 0.0329. The summed E-state index contributed by atoms with van der Waals surface area (Å²) in [6, 6.07) is 0. The number of rotatable bonds is 12. The molecule has 134 valence electrons. The van der Waals surface area contributed by atoms with Crippen LogP contribution >= 0.6 is 0 Å². The number of aliphatic carboxylic acids is 1. The van der Waals surface area contributed by atoms with E-state index in [0.29, 0.717) is 19.3 Å². The molecule has 4 nitrogen and oxygen atoms in total. The monoisotopic (exact) mass is 334 g/mol. The van der Waals surface area contributed by atoms with Crippen molar-refractivity contribution < 1.29 is 19.8 Å². The molecule has 0 saturated heterocycles. The summed E-state index contributed by atoms with van der Waals surface area (Å²) in [6.07, 6.45) is 17.0. The first-order valence-corrected chi connectivity index (χ1v) is 8.99. The fraction of sp³-hybridized carbons (Fsp3) is 0.600. The first kappa shape index (κ1) is 20.4. The summed E-state index contributed by atoms with van der Waals surface area (Å²) in [5, 5.41) is 18.7. The third kappa shape index (κ3) is 8.25. The zero-order chi connectivity index (χ0) is 17.8. The number of aliphatic hydroxyl groups excluding tert-OH is 1. The van der Waals surface area contributed by atoms with E-state index in [-0.39, 0.29) is 24.0 Å². The van der Waals surface area contributed by atoms with Gasteiger partial charge in [-0.15, -0.1) is 0 Å². The van der Waals surface area contributed by atoms with Crippen molar-refractivity contribution in [2.24, 2.45) is 11.8 Å². The summed E-state index contributed by atoms with van der Waals surface area (Å²) in [4.78, 5) is 22.4. The van der Waals surface area contributed by atoms with Gasteiger partial charge < -0.3 is 10.2 Å². The van der Waals surface area contributed by atoms with Gasteiger partial charge in [-0.05, 0) is 38.2 Å². The second-order valence-corrected chi connectivity index (χ2v) is 6.39. The first-order chi connectivity index (χ1) is 11.5. The minimum Gasteiger partial charge on any atom is -0.481 e. The van der Waals surface area contributed by atoms with Crippen LogP contribution in [0.25, 0.3) is 0 Å². The van der Waals surface area contributed by atoms with Crippen molar-refractivity contribution in [3.8, 4) is 0 Å². The Morgan fingerprint density at radius 2 is 2.08 bits per heavy atom. The number of hydrogen-bond acceptors (Lipinski definition) is 3. The van der Waals surface area contributed by atoms with Crippen LogP contribution in [-0.4, -0.2) is 28.1 Å². The first-order valence-electron chi connectivity index (χ1n) is 8.99. The average molecular weight is 334 g/mol. The number of unbranched alkanes of at least 4 members (excludes halogenated alkanes) is 3. The number of carbonyl (C=O) groups excluding carboxylic acids is 1. The Kier molecular flexibility index (Phi) is 10.0. The number of aliphatic hydroxyl groups is 1. The van der Waals surface area contributed by atoms with E-state index in [1.54, 1.807) is 12.2 Å². The van der Waals surface area contributed by atoms with Gasteiger partial charge in [0.2, 0.25) is 0 Å². The number of ketones is 1. The van der Waals surface area contributed by atoms with Gasteiger partial charge in [0, 0.05) is 18.3 Å². The molecule has 0 bridgehead atoms. The van der Waals surface area contributed by atoms with Crippen molar-refractivity contribution in [1.29, 1.82) is 0 Å². The largest absolute Gasteiger partial charge is 0.481 e. The molecule has 0 fully saturated rings. The Balaban J connectivity index is 2.36. The third-order valence-electron chi connectivity index (χ3n) is 4.29. The van der Waals surface area contributed by atoms with Crippen molar-refractivity contribution in [3.63, 3.8) is 0 Å². The SMILES string of the molecule is CCCCC/C=C\C[C@@H](O)/C=C/[C@@H]1C=CC(=O)[C@@H]1CCCC(=O)O. The highest BCUT2D eigenvalue weighted by atomic mass is 16.4. The minimum atomic E-state index is -0.832. The molecule has 0 heterocycles. The van der Waals surface area contributed by atoms with Crippen molar-refractivity contribution in [1.82, 2.24) is 0 Å². The summed E-state index contributed by atoms with van der Waals surface area (Å²) in [5.74, 6) is -0.992. The van der Waals surface area contributed by atoms with Crippen LogP contribution in [0.5, 0.6) is 0 Å². The second-order valence-electron chi connectivity index (χ2n) is 6.39. The molecule has 0 radical (unpaired) electrons. The molecule has 3 atom stereocenters. The zero-order valence-electron chi connectivity index (χ0n) is 14.6. The van der Waals surface area contributed by atoms with Crippen LogP contribution in [0.1, 0.15) is 58.3 Å². The Morgan fingerprint density at radius 1 is 1.29 bits per heavy atom. The van der Waals surface area contributed by atoms with Crippen LogP contribution in [0.15, 0.2) is 36.5 Å². The molecule has 0 aliphatic heterocycles. The molecule has 0 amide bonds. The lowest BCUT2D eigenvalue weighted by molar-refractivity contribution is -0.137. The van der Waals surface area contributed by atoms with Crippen LogP contribution in [0.3, 0.4) is 0 Å². The number of carboxylic acid groups (broad SMARTS) is 1. The highest BCUT2D eigenvalue weighted by Gasteiger charge is 2.27. The van der Waals surface area contributed by atoms with Gasteiger partial charge in [0.15, 0.2) is 5.78 Å². The van der Waals surface area contributed by atoms with E-state index >= 15 is 0 Å². The number of hydrogen-bond donors (Lipinski definition) is 2. The van der Waals surface area contributed by atoms with Gasteiger partial charge in [-0.1, -0.05) is 50.1 Å². The van der Waals surface area contributed by atoms with E-state index in [9.17, 15) is 14.7 Å². The molecule has 0 spiro atoms. The second kappa shape index (κ2) is 11.8. The molecule has 24 heavy (non-hydrogen) atoms. The Morgan fingerprint density at radius 3 is 2.79 bits per heavy atom. The molecule has 0 saturated carbocycles. The van der Waals surface area contributed by atoms with Crippen LogP contribution < -0.4 is 0 Å².